The highest BCUT2D eigenvalue weighted by atomic mass is 32.2. The lowest BCUT2D eigenvalue weighted by atomic mass is 10.1. The second kappa shape index (κ2) is 6.10. The third-order valence-corrected chi connectivity index (χ3v) is 6.25. The average Bonchev–Trinajstić information content (AvgIpc) is 3.15. The summed E-state index contributed by atoms with van der Waals surface area (Å²) in [5, 5.41) is 3.40. The van der Waals surface area contributed by atoms with Crippen LogP contribution in [0.3, 0.4) is 0 Å². The van der Waals surface area contributed by atoms with Gasteiger partial charge in [-0.05, 0) is 38.1 Å². The van der Waals surface area contributed by atoms with E-state index >= 15 is 0 Å². The number of likely N-dealkylation sites (tertiary alicyclic amines) is 1. The Hall–Kier alpha value is -0.850. The van der Waals surface area contributed by atoms with Gasteiger partial charge < -0.3 is 9.73 Å². The summed E-state index contributed by atoms with van der Waals surface area (Å²) in [6.07, 6.45) is 3.25. The minimum atomic E-state index is -2.92. The van der Waals surface area contributed by atoms with E-state index in [1.165, 1.54) is 12.8 Å². The van der Waals surface area contributed by atoms with Gasteiger partial charge in [0.15, 0.2) is 9.84 Å². The molecule has 3 rings (SSSR count). The minimum absolute atomic E-state index is 0.0169. The van der Waals surface area contributed by atoms with Crippen molar-refractivity contribution in [1.29, 1.82) is 0 Å². The van der Waals surface area contributed by atoms with Gasteiger partial charge in [-0.15, -0.1) is 0 Å². The van der Waals surface area contributed by atoms with Gasteiger partial charge in [-0.2, -0.15) is 0 Å². The first-order valence-corrected chi connectivity index (χ1v) is 9.65. The first kappa shape index (κ1) is 15.1. The predicted molar refractivity (Wildman–Crippen MR) is 82.0 cm³/mol. The first-order chi connectivity index (χ1) is 10.1. The molecule has 1 aromatic rings. The Morgan fingerprint density at radius 1 is 1.24 bits per heavy atom. The molecule has 2 saturated heterocycles. The molecule has 2 atom stereocenters. The van der Waals surface area contributed by atoms with E-state index in [0.29, 0.717) is 12.3 Å². The van der Waals surface area contributed by atoms with Crippen molar-refractivity contribution in [2.45, 2.75) is 44.8 Å². The molecule has 3 heterocycles. The molecule has 0 aromatic carbocycles. The smallest absolute Gasteiger partial charge is 0.153 e. The molecule has 0 radical (unpaired) electrons. The summed E-state index contributed by atoms with van der Waals surface area (Å²) in [5.74, 6) is 2.40. The van der Waals surface area contributed by atoms with Gasteiger partial charge >= 0.3 is 0 Å². The van der Waals surface area contributed by atoms with Crippen LogP contribution in [-0.2, 0) is 22.8 Å². The van der Waals surface area contributed by atoms with Crippen molar-refractivity contribution < 1.29 is 12.8 Å². The molecule has 0 amide bonds. The molecule has 0 spiro atoms. The molecule has 118 valence electrons. The van der Waals surface area contributed by atoms with Crippen LogP contribution >= 0.6 is 0 Å². The number of rotatable bonds is 5. The zero-order chi connectivity index (χ0) is 14.9. The van der Waals surface area contributed by atoms with E-state index in [0.717, 1.165) is 31.0 Å². The number of nitrogens with one attached hydrogen (secondary N) is 1. The van der Waals surface area contributed by atoms with E-state index in [1.807, 2.05) is 12.1 Å². The molecule has 5 nitrogen and oxygen atoms in total. The fraction of sp³-hybridized carbons (Fsp3) is 0.733. The fourth-order valence-corrected chi connectivity index (χ4v) is 5.38. The predicted octanol–water partition coefficient (Wildman–Crippen LogP) is 1.19. The lowest BCUT2D eigenvalue weighted by Gasteiger charge is -2.28. The van der Waals surface area contributed by atoms with Crippen molar-refractivity contribution in [1.82, 2.24) is 10.2 Å². The average molecular weight is 312 g/mol. The molecular weight excluding hydrogens is 288 g/mol. The van der Waals surface area contributed by atoms with Crippen molar-refractivity contribution in [3.8, 4) is 0 Å². The maximum absolute atomic E-state index is 12.0. The lowest BCUT2D eigenvalue weighted by molar-refractivity contribution is 0.223. The summed E-state index contributed by atoms with van der Waals surface area (Å²) < 4.78 is 29.6. The van der Waals surface area contributed by atoms with E-state index in [1.54, 1.807) is 0 Å². The Bertz CT molecular complexity index is 575. The van der Waals surface area contributed by atoms with Crippen molar-refractivity contribution in [2.75, 3.05) is 24.6 Å². The van der Waals surface area contributed by atoms with Crippen LogP contribution in [0.25, 0.3) is 0 Å². The first-order valence-electron chi connectivity index (χ1n) is 7.83. The van der Waals surface area contributed by atoms with Crippen LogP contribution in [0.1, 0.15) is 31.3 Å². The summed E-state index contributed by atoms with van der Waals surface area (Å²) in [6, 6.07) is 4.10. The highest BCUT2D eigenvalue weighted by Crippen LogP contribution is 2.23. The van der Waals surface area contributed by atoms with E-state index < -0.39 is 9.84 Å². The number of hydrogen-bond donors (Lipinski definition) is 1. The quantitative estimate of drug-likeness (QED) is 0.885. The van der Waals surface area contributed by atoms with E-state index in [9.17, 15) is 8.42 Å². The van der Waals surface area contributed by atoms with Crippen LogP contribution in [-0.4, -0.2) is 50.0 Å². The second-order valence-corrected chi connectivity index (χ2v) is 8.25. The summed E-state index contributed by atoms with van der Waals surface area (Å²) in [4.78, 5) is 2.34. The number of aryl methyl sites for hydroxylation is 1. The van der Waals surface area contributed by atoms with Crippen molar-refractivity contribution in [3.63, 3.8) is 0 Å². The van der Waals surface area contributed by atoms with Crippen molar-refractivity contribution in [2.24, 2.45) is 0 Å². The normalized spacial score (nSPS) is 29.2. The van der Waals surface area contributed by atoms with Gasteiger partial charge in [0.1, 0.15) is 11.5 Å². The molecule has 2 aliphatic rings. The molecule has 0 bridgehead atoms. The van der Waals surface area contributed by atoms with E-state index in [4.69, 9.17) is 4.42 Å². The van der Waals surface area contributed by atoms with Crippen LogP contribution in [0.15, 0.2) is 16.5 Å². The van der Waals surface area contributed by atoms with Crippen molar-refractivity contribution >= 4 is 9.84 Å². The van der Waals surface area contributed by atoms with Crippen LogP contribution in [0.4, 0.5) is 0 Å². The van der Waals surface area contributed by atoms with Gasteiger partial charge in [-0.3, -0.25) is 4.90 Å². The fourth-order valence-electron chi connectivity index (χ4n) is 3.40. The number of furan rings is 1. The molecule has 6 heteroatoms. The lowest BCUT2D eigenvalue weighted by Crippen LogP contribution is -2.48. The van der Waals surface area contributed by atoms with Gasteiger partial charge in [0.2, 0.25) is 0 Å². The van der Waals surface area contributed by atoms with E-state index in [-0.39, 0.29) is 17.8 Å². The molecule has 0 unspecified atom stereocenters. The van der Waals surface area contributed by atoms with Crippen LogP contribution < -0.4 is 5.32 Å². The highest BCUT2D eigenvalue weighted by Gasteiger charge is 2.41. The summed E-state index contributed by atoms with van der Waals surface area (Å²) in [6.45, 7) is 4.71. The Labute approximate surface area is 126 Å². The summed E-state index contributed by atoms with van der Waals surface area (Å²) in [7, 11) is -2.92. The van der Waals surface area contributed by atoms with Crippen LogP contribution in [0, 0.1) is 0 Å². The van der Waals surface area contributed by atoms with Gasteiger partial charge in [-0.25, -0.2) is 8.42 Å². The third kappa shape index (κ3) is 3.49. The molecule has 2 fully saturated rings. The number of sulfone groups is 1. The second-order valence-electron chi connectivity index (χ2n) is 6.10. The third-order valence-electron chi connectivity index (χ3n) is 4.54. The summed E-state index contributed by atoms with van der Waals surface area (Å²) >= 11 is 0. The largest absolute Gasteiger partial charge is 0.465 e. The topological polar surface area (TPSA) is 62.6 Å². The maximum atomic E-state index is 12.0. The van der Waals surface area contributed by atoms with Crippen molar-refractivity contribution in [3.05, 3.63) is 23.7 Å². The summed E-state index contributed by atoms with van der Waals surface area (Å²) in [5.41, 5.74) is 0. The van der Waals surface area contributed by atoms with Crippen LogP contribution in [0.5, 0.6) is 0 Å². The van der Waals surface area contributed by atoms with Gasteiger partial charge in [-0.1, -0.05) is 6.92 Å². The molecule has 1 N–H and O–H groups in total. The highest BCUT2D eigenvalue weighted by molar-refractivity contribution is 7.91. The Morgan fingerprint density at radius 3 is 2.62 bits per heavy atom. The minimum Gasteiger partial charge on any atom is -0.465 e. The zero-order valence-electron chi connectivity index (χ0n) is 12.5. The number of nitrogens with zero attached hydrogens (tertiary/aromatic N) is 1. The molecule has 0 aliphatic carbocycles. The zero-order valence-corrected chi connectivity index (χ0v) is 13.4. The molecule has 0 saturated carbocycles. The maximum Gasteiger partial charge on any atom is 0.153 e. The van der Waals surface area contributed by atoms with E-state index in [2.05, 4.69) is 17.1 Å². The van der Waals surface area contributed by atoms with Gasteiger partial charge in [0, 0.05) is 18.5 Å². The molecular formula is C15H24N2O3S. The number of hydrogen-bond acceptors (Lipinski definition) is 5. The van der Waals surface area contributed by atoms with Gasteiger partial charge in [0.25, 0.3) is 0 Å². The molecule has 21 heavy (non-hydrogen) atoms. The Morgan fingerprint density at radius 2 is 1.95 bits per heavy atom. The standard InChI is InChI=1S/C15H24N2O3S/c1-2-12-5-6-13(20-12)9-16-14-10-21(18,19)11-15(14)17-7-3-4-8-17/h5-6,14-16H,2-4,7-11H2,1H3/t14-,15-/m1/s1. The molecule has 1 aromatic heterocycles. The van der Waals surface area contributed by atoms with Gasteiger partial charge in [0.05, 0.1) is 18.1 Å². The Balaban J connectivity index is 1.64. The Kier molecular flexibility index (Phi) is 4.38. The monoisotopic (exact) mass is 312 g/mol. The molecule has 2 aliphatic heterocycles. The SMILES string of the molecule is CCc1ccc(CN[C@@H]2CS(=O)(=O)C[C@H]2N2CCCC2)o1. The van der Waals surface area contributed by atoms with Crippen LogP contribution in [0.2, 0.25) is 0 Å².